The van der Waals surface area contributed by atoms with Gasteiger partial charge in [-0.15, -0.1) is 0 Å². The minimum atomic E-state index is -0.470. The van der Waals surface area contributed by atoms with Crippen molar-refractivity contribution in [3.8, 4) is 5.75 Å². The predicted octanol–water partition coefficient (Wildman–Crippen LogP) is 5.74. The Balaban J connectivity index is 1.37. The number of carbonyl (C=O) groups excluding carboxylic acids is 1. The molecule has 0 amide bonds. The molecule has 0 saturated carbocycles. The first-order chi connectivity index (χ1) is 14.3. The number of Topliss-reactive ketones (excluding diaryl/α,β-unsaturated/α-hetero) is 1. The highest BCUT2D eigenvalue weighted by molar-refractivity contribution is 6.04. The summed E-state index contributed by atoms with van der Waals surface area (Å²) in [6, 6.07) is 31.6. The molecule has 3 nitrogen and oxygen atoms in total. The number of epoxide rings is 1. The number of hydrogen-bond donors (Lipinski definition) is 0. The van der Waals surface area contributed by atoms with E-state index in [0.29, 0.717) is 17.9 Å². The Hall–Kier alpha value is -3.43. The van der Waals surface area contributed by atoms with Gasteiger partial charge >= 0.3 is 0 Å². The Labute approximate surface area is 169 Å². The van der Waals surface area contributed by atoms with Gasteiger partial charge in [-0.1, -0.05) is 84.9 Å². The number of hydrogen-bond acceptors (Lipinski definition) is 3. The van der Waals surface area contributed by atoms with Crippen molar-refractivity contribution in [3.63, 3.8) is 0 Å². The highest BCUT2D eigenvalue weighted by Gasteiger charge is 2.47. The highest BCUT2D eigenvalue weighted by Crippen LogP contribution is 2.44. The molecular weight excluding hydrogens is 360 g/mol. The first kappa shape index (κ1) is 17.7. The van der Waals surface area contributed by atoms with Crippen LogP contribution in [-0.2, 0) is 11.3 Å². The quantitative estimate of drug-likeness (QED) is 0.316. The largest absolute Gasteiger partial charge is 0.488 e. The van der Waals surface area contributed by atoms with E-state index in [1.807, 2.05) is 78.9 Å². The highest BCUT2D eigenvalue weighted by atomic mass is 16.6. The van der Waals surface area contributed by atoms with Gasteiger partial charge in [0.2, 0.25) is 0 Å². The average Bonchev–Trinajstić information content (AvgIpc) is 3.58. The fraction of sp³-hybridized carbons (Fsp3) is 0.115. The molecule has 1 heterocycles. The zero-order chi connectivity index (χ0) is 19.6. The molecule has 0 radical (unpaired) electrons. The van der Waals surface area contributed by atoms with Crippen molar-refractivity contribution >= 4 is 16.6 Å². The summed E-state index contributed by atoms with van der Waals surface area (Å²) in [4.78, 5) is 13.2. The number of ether oxygens (including phenoxy) is 2. The number of carbonyl (C=O) groups is 1. The van der Waals surface area contributed by atoms with Crippen LogP contribution in [0.2, 0.25) is 0 Å². The average molecular weight is 380 g/mol. The zero-order valence-electron chi connectivity index (χ0n) is 15.8. The number of ketones is 1. The van der Waals surface area contributed by atoms with Crippen molar-refractivity contribution in [2.75, 3.05) is 0 Å². The Kier molecular flexibility index (Phi) is 4.59. The second-order valence-corrected chi connectivity index (χ2v) is 7.18. The summed E-state index contributed by atoms with van der Waals surface area (Å²) in [5.41, 5.74) is 2.69. The van der Waals surface area contributed by atoms with Gasteiger partial charge < -0.3 is 9.47 Å². The standard InChI is InChI=1S/C26H20O3/c27-24(22-14-6-7-16-23(22)28-17-18-9-2-1-3-10-18)26-25(29-26)21-15-8-12-19-11-4-5-13-20(19)21/h1-16,25-26H,17H2/t25-,26-/m0/s1. The van der Waals surface area contributed by atoms with Crippen molar-refractivity contribution in [2.45, 2.75) is 18.8 Å². The maximum atomic E-state index is 13.2. The van der Waals surface area contributed by atoms with E-state index >= 15 is 0 Å². The molecule has 1 aliphatic rings. The third kappa shape index (κ3) is 3.53. The second-order valence-electron chi connectivity index (χ2n) is 7.18. The molecule has 1 fully saturated rings. The van der Waals surface area contributed by atoms with Gasteiger partial charge in [-0.05, 0) is 34.0 Å². The summed E-state index contributed by atoms with van der Waals surface area (Å²) < 4.78 is 11.8. The first-order valence-electron chi connectivity index (χ1n) is 9.74. The molecular formula is C26H20O3. The molecule has 0 N–H and O–H groups in total. The van der Waals surface area contributed by atoms with Gasteiger partial charge in [0, 0.05) is 0 Å². The molecule has 1 saturated heterocycles. The lowest BCUT2D eigenvalue weighted by atomic mass is 9.98. The number of para-hydroxylation sites is 1. The van der Waals surface area contributed by atoms with Crippen molar-refractivity contribution in [3.05, 3.63) is 114 Å². The molecule has 1 aliphatic heterocycles. The lowest BCUT2D eigenvalue weighted by Gasteiger charge is -2.10. The minimum Gasteiger partial charge on any atom is -0.488 e. The van der Waals surface area contributed by atoms with Crippen LogP contribution < -0.4 is 4.74 Å². The molecule has 0 spiro atoms. The van der Waals surface area contributed by atoms with Crippen LogP contribution >= 0.6 is 0 Å². The SMILES string of the molecule is O=C(c1ccccc1OCc1ccccc1)[C@@H]1O[C@H]1c1cccc2ccccc12. The normalized spacial score (nSPS) is 17.8. The second kappa shape index (κ2) is 7.53. The number of fused-ring (bicyclic) bond motifs is 1. The summed E-state index contributed by atoms with van der Waals surface area (Å²) in [6.45, 7) is 0.420. The molecule has 4 aromatic rings. The summed E-state index contributed by atoms with van der Waals surface area (Å²) >= 11 is 0. The monoisotopic (exact) mass is 380 g/mol. The summed E-state index contributed by atoms with van der Waals surface area (Å²) in [5, 5.41) is 2.28. The van der Waals surface area contributed by atoms with Crippen molar-refractivity contribution < 1.29 is 14.3 Å². The summed E-state index contributed by atoms with van der Waals surface area (Å²) in [7, 11) is 0. The zero-order valence-corrected chi connectivity index (χ0v) is 15.8. The van der Waals surface area contributed by atoms with Gasteiger partial charge in [0.1, 0.15) is 18.5 Å². The van der Waals surface area contributed by atoms with Gasteiger partial charge in [0.05, 0.1) is 5.56 Å². The van der Waals surface area contributed by atoms with Gasteiger partial charge in [-0.3, -0.25) is 4.79 Å². The van der Waals surface area contributed by atoms with Gasteiger partial charge in [0.25, 0.3) is 0 Å². The molecule has 29 heavy (non-hydrogen) atoms. The molecule has 4 aromatic carbocycles. The Morgan fingerprint density at radius 1 is 0.793 bits per heavy atom. The van der Waals surface area contributed by atoms with Crippen LogP contribution in [0.25, 0.3) is 10.8 Å². The van der Waals surface area contributed by atoms with Crippen molar-refractivity contribution in [1.29, 1.82) is 0 Å². The lowest BCUT2D eigenvalue weighted by Crippen LogP contribution is -2.11. The first-order valence-corrected chi connectivity index (χ1v) is 9.74. The Morgan fingerprint density at radius 2 is 1.52 bits per heavy atom. The van der Waals surface area contributed by atoms with Crippen molar-refractivity contribution in [1.82, 2.24) is 0 Å². The third-order valence-electron chi connectivity index (χ3n) is 5.27. The van der Waals surface area contributed by atoms with Gasteiger partial charge in [-0.25, -0.2) is 0 Å². The molecule has 2 atom stereocenters. The van der Waals surface area contributed by atoms with Gasteiger partial charge in [-0.2, -0.15) is 0 Å². The van der Waals surface area contributed by atoms with E-state index in [0.717, 1.165) is 21.9 Å². The van der Waals surface area contributed by atoms with Crippen LogP contribution in [0.5, 0.6) is 5.75 Å². The molecule has 0 unspecified atom stereocenters. The maximum absolute atomic E-state index is 13.2. The number of benzene rings is 4. The van der Waals surface area contributed by atoms with Crippen LogP contribution in [0.1, 0.15) is 27.6 Å². The Morgan fingerprint density at radius 3 is 2.41 bits per heavy atom. The summed E-state index contributed by atoms with van der Waals surface area (Å²) in [5.74, 6) is 0.556. The fourth-order valence-electron chi connectivity index (χ4n) is 3.73. The molecule has 3 heteroatoms. The molecule has 5 rings (SSSR count). The molecule has 142 valence electrons. The van der Waals surface area contributed by atoms with Crippen molar-refractivity contribution in [2.24, 2.45) is 0 Å². The van der Waals surface area contributed by atoms with Crippen LogP contribution in [-0.4, -0.2) is 11.9 Å². The van der Waals surface area contributed by atoms with E-state index in [1.54, 1.807) is 0 Å². The third-order valence-corrected chi connectivity index (χ3v) is 5.27. The summed E-state index contributed by atoms with van der Waals surface area (Å²) in [6.07, 6.45) is -0.682. The van der Waals surface area contributed by atoms with Crippen LogP contribution in [0.15, 0.2) is 97.1 Å². The predicted molar refractivity (Wildman–Crippen MR) is 113 cm³/mol. The minimum absolute atomic E-state index is 0.0356. The smallest absolute Gasteiger partial charge is 0.198 e. The molecule has 0 aliphatic carbocycles. The van der Waals surface area contributed by atoms with E-state index in [-0.39, 0.29) is 11.9 Å². The fourth-order valence-corrected chi connectivity index (χ4v) is 3.73. The molecule has 0 bridgehead atoms. The van der Waals surface area contributed by atoms with E-state index in [4.69, 9.17) is 9.47 Å². The maximum Gasteiger partial charge on any atom is 0.198 e. The topological polar surface area (TPSA) is 38.8 Å². The van der Waals surface area contributed by atoms with E-state index in [1.165, 1.54) is 0 Å². The number of rotatable bonds is 6. The van der Waals surface area contributed by atoms with Gasteiger partial charge in [0.15, 0.2) is 11.9 Å². The lowest BCUT2D eigenvalue weighted by molar-refractivity contribution is 0.0949. The molecule has 0 aromatic heterocycles. The van der Waals surface area contributed by atoms with E-state index in [2.05, 4.69) is 18.2 Å². The Bertz CT molecular complexity index is 1160. The van der Waals surface area contributed by atoms with E-state index in [9.17, 15) is 4.79 Å². The van der Waals surface area contributed by atoms with Crippen LogP contribution in [0.4, 0.5) is 0 Å². The van der Waals surface area contributed by atoms with E-state index < -0.39 is 6.10 Å². The van der Waals surface area contributed by atoms with Crippen LogP contribution in [0.3, 0.4) is 0 Å². The van der Waals surface area contributed by atoms with Crippen LogP contribution in [0, 0.1) is 0 Å².